The van der Waals surface area contributed by atoms with Gasteiger partial charge in [0.1, 0.15) is 0 Å². The predicted octanol–water partition coefficient (Wildman–Crippen LogP) is 3.38. The second-order valence-corrected chi connectivity index (χ2v) is 5.85. The summed E-state index contributed by atoms with van der Waals surface area (Å²) in [6, 6.07) is 4.92. The van der Waals surface area contributed by atoms with E-state index in [0.717, 1.165) is 25.7 Å². The van der Waals surface area contributed by atoms with Gasteiger partial charge in [-0.1, -0.05) is 42.5 Å². The van der Waals surface area contributed by atoms with Gasteiger partial charge in [-0.15, -0.1) is 0 Å². The molecule has 19 heavy (non-hydrogen) atoms. The number of hydrogen-bond donors (Lipinski definition) is 2. The molecular formula is C14H18Cl2N2O. The number of hydrogen-bond acceptors (Lipinski definition) is 2. The molecule has 0 heterocycles. The molecule has 5 heteroatoms. The van der Waals surface area contributed by atoms with Crippen LogP contribution in [0.25, 0.3) is 0 Å². The van der Waals surface area contributed by atoms with Gasteiger partial charge >= 0.3 is 0 Å². The molecule has 0 aliphatic heterocycles. The zero-order chi connectivity index (χ0) is 13.8. The first kappa shape index (κ1) is 14.6. The summed E-state index contributed by atoms with van der Waals surface area (Å²) in [4.78, 5) is 12.2. The van der Waals surface area contributed by atoms with E-state index in [-0.39, 0.29) is 18.0 Å². The van der Waals surface area contributed by atoms with Crippen molar-refractivity contribution in [1.82, 2.24) is 5.32 Å². The summed E-state index contributed by atoms with van der Waals surface area (Å²) >= 11 is 11.9. The number of carbonyl (C=O) groups excluding carboxylic acids is 1. The van der Waals surface area contributed by atoms with Crippen LogP contribution in [0.3, 0.4) is 0 Å². The molecular weight excluding hydrogens is 283 g/mol. The van der Waals surface area contributed by atoms with Crippen LogP contribution < -0.4 is 11.1 Å². The monoisotopic (exact) mass is 300 g/mol. The van der Waals surface area contributed by atoms with Crippen LogP contribution >= 0.6 is 23.2 Å². The lowest BCUT2D eigenvalue weighted by Gasteiger charge is -2.23. The zero-order valence-corrected chi connectivity index (χ0v) is 12.2. The summed E-state index contributed by atoms with van der Waals surface area (Å²) in [6.07, 6.45) is 5.28. The second kappa shape index (κ2) is 6.60. The van der Waals surface area contributed by atoms with Crippen molar-refractivity contribution in [2.45, 2.75) is 44.2 Å². The van der Waals surface area contributed by atoms with Gasteiger partial charge in [0.05, 0.1) is 10.6 Å². The molecule has 2 atom stereocenters. The standard InChI is InChI=1S/C14H18Cl2N2O/c15-9-6-7-11(16)10(8-9)14(19)18-13-5-3-1-2-4-12(13)17/h6-8,12-13H,1-5,17H2,(H,18,19). The van der Waals surface area contributed by atoms with Gasteiger partial charge in [-0.3, -0.25) is 4.79 Å². The molecule has 1 fully saturated rings. The van der Waals surface area contributed by atoms with Gasteiger partial charge in [-0.25, -0.2) is 0 Å². The third-order valence-corrected chi connectivity index (χ3v) is 4.12. The lowest BCUT2D eigenvalue weighted by Crippen LogP contribution is -2.47. The van der Waals surface area contributed by atoms with Crippen LogP contribution in [-0.2, 0) is 0 Å². The van der Waals surface area contributed by atoms with E-state index in [1.807, 2.05) is 0 Å². The maximum absolute atomic E-state index is 12.2. The van der Waals surface area contributed by atoms with Gasteiger partial charge in [0.25, 0.3) is 5.91 Å². The molecule has 104 valence electrons. The minimum Gasteiger partial charge on any atom is -0.348 e. The highest BCUT2D eigenvalue weighted by molar-refractivity contribution is 6.35. The predicted molar refractivity (Wildman–Crippen MR) is 78.8 cm³/mol. The Morgan fingerprint density at radius 2 is 1.95 bits per heavy atom. The lowest BCUT2D eigenvalue weighted by atomic mass is 10.0. The van der Waals surface area contributed by atoms with Crippen molar-refractivity contribution in [2.75, 3.05) is 0 Å². The van der Waals surface area contributed by atoms with Gasteiger partial charge < -0.3 is 11.1 Å². The van der Waals surface area contributed by atoms with Crippen molar-refractivity contribution in [1.29, 1.82) is 0 Å². The van der Waals surface area contributed by atoms with Crippen LogP contribution in [0.15, 0.2) is 18.2 Å². The van der Waals surface area contributed by atoms with Gasteiger partial charge in [0.15, 0.2) is 0 Å². The van der Waals surface area contributed by atoms with Gasteiger partial charge in [-0.05, 0) is 31.0 Å². The van der Waals surface area contributed by atoms with E-state index in [1.54, 1.807) is 18.2 Å². The minimum absolute atomic E-state index is 0.0180. The number of halogens is 2. The number of amides is 1. The fourth-order valence-corrected chi connectivity index (χ4v) is 2.81. The zero-order valence-electron chi connectivity index (χ0n) is 10.7. The Morgan fingerprint density at radius 3 is 2.74 bits per heavy atom. The summed E-state index contributed by atoms with van der Waals surface area (Å²) < 4.78 is 0. The van der Waals surface area contributed by atoms with E-state index in [4.69, 9.17) is 28.9 Å². The van der Waals surface area contributed by atoms with Crippen LogP contribution in [0.5, 0.6) is 0 Å². The van der Waals surface area contributed by atoms with Gasteiger partial charge in [0, 0.05) is 17.1 Å². The van der Waals surface area contributed by atoms with E-state index in [9.17, 15) is 4.79 Å². The number of nitrogens with one attached hydrogen (secondary N) is 1. The molecule has 1 aromatic rings. The van der Waals surface area contributed by atoms with E-state index in [2.05, 4.69) is 5.32 Å². The number of rotatable bonds is 2. The molecule has 2 rings (SSSR count). The third-order valence-electron chi connectivity index (χ3n) is 3.56. The van der Waals surface area contributed by atoms with E-state index in [0.29, 0.717) is 15.6 Å². The fraction of sp³-hybridized carbons (Fsp3) is 0.500. The molecule has 0 spiro atoms. The highest BCUT2D eigenvalue weighted by Gasteiger charge is 2.23. The van der Waals surface area contributed by atoms with Crippen LogP contribution in [0.4, 0.5) is 0 Å². The quantitative estimate of drug-likeness (QED) is 0.823. The minimum atomic E-state index is -0.199. The van der Waals surface area contributed by atoms with Crippen LogP contribution in [-0.4, -0.2) is 18.0 Å². The van der Waals surface area contributed by atoms with Crippen molar-refractivity contribution in [3.05, 3.63) is 33.8 Å². The summed E-state index contributed by atoms with van der Waals surface area (Å²) in [5.74, 6) is -0.199. The molecule has 0 bridgehead atoms. The third kappa shape index (κ3) is 3.85. The van der Waals surface area contributed by atoms with Crippen LogP contribution in [0, 0.1) is 0 Å². The number of nitrogens with two attached hydrogens (primary N) is 1. The number of benzene rings is 1. The molecule has 1 aliphatic carbocycles. The maximum atomic E-state index is 12.2. The molecule has 0 aromatic heterocycles. The summed E-state index contributed by atoms with van der Waals surface area (Å²) in [7, 11) is 0. The number of carbonyl (C=O) groups is 1. The smallest absolute Gasteiger partial charge is 0.253 e. The Balaban J connectivity index is 2.09. The largest absolute Gasteiger partial charge is 0.348 e. The maximum Gasteiger partial charge on any atom is 0.253 e. The van der Waals surface area contributed by atoms with E-state index < -0.39 is 0 Å². The fourth-order valence-electron chi connectivity index (χ4n) is 2.43. The van der Waals surface area contributed by atoms with Crippen molar-refractivity contribution < 1.29 is 4.79 Å². The molecule has 2 unspecified atom stereocenters. The average molecular weight is 301 g/mol. The molecule has 3 nitrogen and oxygen atoms in total. The molecule has 1 aliphatic rings. The Labute approximate surface area is 123 Å². The van der Waals surface area contributed by atoms with E-state index in [1.165, 1.54) is 6.42 Å². The van der Waals surface area contributed by atoms with Crippen molar-refractivity contribution in [3.8, 4) is 0 Å². The highest BCUT2D eigenvalue weighted by atomic mass is 35.5. The van der Waals surface area contributed by atoms with Gasteiger partial charge in [-0.2, -0.15) is 0 Å². The second-order valence-electron chi connectivity index (χ2n) is 5.01. The molecule has 1 amide bonds. The van der Waals surface area contributed by atoms with Crippen molar-refractivity contribution in [3.63, 3.8) is 0 Å². The molecule has 3 N–H and O–H groups in total. The average Bonchev–Trinajstić information content (AvgIpc) is 2.58. The molecule has 0 radical (unpaired) electrons. The Bertz CT molecular complexity index is 465. The lowest BCUT2D eigenvalue weighted by molar-refractivity contribution is 0.0929. The summed E-state index contributed by atoms with van der Waals surface area (Å²) in [5, 5.41) is 3.89. The Hall–Kier alpha value is -0.770. The van der Waals surface area contributed by atoms with Crippen LogP contribution in [0.1, 0.15) is 42.5 Å². The van der Waals surface area contributed by atoms with Gasteiger partial charge in [0.2, 0.25) is 0 Å². The first-order valence-electron chi connectivity index (χ1n) is 6.59. The Kier molecular flexibility index (Phi) is 5.08. The topological polar surface area (TPSA) is 55.1 Å². The Morgan fingerprint density at radius 1 is 1.21 bits per heavy atom. The van der Waals surface area contributed by atoms with Crippen molar-refractivity contribution >= 4 is 29.1 Å². The SMILES string of the molecule is NC1CCCCCC1NC(=O)c1cc(Cl)ccc1Cl. The molecule has 0 saturated heterocycles. The first-order valence-corrected chi connectivity index (χ1v) is 7.35. The molecule has 1 aromatic carbocycles. The molecule has 1 saturated carbocycles. The summed E-state index contributed by atoms with van der Waals surface area (Å²) in [5.41, 5.74) is 6.51. The highest BCUT2D eigenvalue weighted by Crippen LogP contribution is 2.22. The van der Waals surface area contributed by atoms with Crippen LogP contribution in [0.2, 0.25) is 10.0 Å². The summed E-state index contributed by atoms with van der Waals surface area (Å²) in [6.45, 7) is 0. The van der Waals surface area contributed by atoms with Crippen molar-refractivity contribution in [2.24, 2.45) is 5.73 Å². The normalized spacial score (nSPS) is 23.7. The first-order chi connectivity index (χ1) is 9.08. The van der Waals surface area contributed by atoms with E-state index >= 15 is 0 Å².